The summed E-state index contributed by atoms with van der Waals surface area (Å²) < 4.78 is 5.11. The molecule has 0 saturated heterocycles. The minimum atomic E-state index is -0.897. The van der Waals surface area contributed by atoms with Gasteiger partial charge in [0.15, 0.2) is 5.92 Å². The molecule has 0 radical (unpaired) electrons. The summed E-state index contributed by atoms with van der Waals surface area (Å²) in [6.07, 6.45) is 0. The zero-order valence-corrected chi connectivity index (χ0v) is 10.9. The van der Waals surface area contributed by atoms with Crippen LogP contribution in [0.5, 0.6) is 5.75 Å². The molecule has 0 bridgehead atoms. The quantitative estimate of drug-likeness (QED) is 0.517. The van der Waals surface area contributed by atoms with Crippen LogP contribution in [-0.4, -0.2) is 11.9 Å². The summed E-state index contributed by atoms with van der Waals surface area (Å²) in [4.78, 5) is 24.2. The van der Waals surface area contributed by atoms with Gasteiger partial charge in [-0.2, -0.15) is 0 Å². The summed E-state index contributed by atoms with van der Waals surface area (Å²) in [5, 5.41) is 2.78. The third-order valence-corrected chi connectivity index (χ3v) is 3.34. The van der Waals surface area contributed by atoms with Crippen molar-refractivity contribution in [1.82, 2.24) is 0 Å². The molecule has 0 aliphatic carbocycles. The van der Waals surface area contributed by atoms with Crippen LogP contribution in [0.1, 0.15) is 17.0 Å². The van der Waals surface area contributed by atoms with E-state index in [2.05, 4.69) is 5.32 Å². The Balaban J connectivity index is 1.88. The minimum absolute atomic E-state index is 0.366. The maximum atomic E-state index is 12.3. The molecule has 1 amide bonds. The Morgan fingerprint density at radius 3 is 2.60 bits per heavy atom. The second-order valence-corrected chi connectivity index (χ2v) is 4.70. The SMILES string of the molecule is Cc1ccccc1NC(=O)C1C(=O)Oc2ccccc21. The molecular weight excluding hydrogens is 254 g/mol. The van der Waals surface area contributed by atoms with Gasteiger partial charge in [-0.05, 0) is 24.6 Å². The van der Waals surface area contributed by atoms with Gasteiger partial charge in [-0.25, -0.2) is 0 Å². The highest BCUT2D eigenvalue weighted by molar-refractivity contribution is 6.12. The summed E-state index contributed by atoms with van der Waals surface area (Å²) in [5.74, 6) is -1.33. The number of hydrogen-bond donors (Lipinski definition) is 1. The molecule has 3 rings (SSSR count). The monoisotopic (exact) mass is 267 g/mol. The van der Waals surface area contributed by atoms with Gasteiger partial charge in [0, 0.05) is 11.3 Å². The first-order valence-corrected chi connectivity index (χ1v) is 6.34. The average Bonchev–Trinajstić information content (AvgIpc) is 2.77. The van der Waals surface area contributed by atoms with Gasteiger partial charge in [0.25, 0.3) is 0 Å². The molecule has 1 aliphatic rings. The molecule has 0 spiro atoms. The second-order valence-electron chi connectivity index (χ2n) is 4.70. The maximum absolute atomic E-state index is 12.3. The molecule has 0 aromatic heterocycles. The lowest BCUT2D eigenvalue weighted by Gasteiger charge is -2.11. The van der Waals surface area contributed by atoms with E-state index in [1.54, 1.807) is 30.3 Å². The first kappa shape index (κ1) is 12.4. The standard InChI is InChI=1S/C16H13NO3/c1-10-6-2-4-8-12(10)17-15(18)14-11-7-3-5-9-13(11)20-16(14)19/h2-9,14H,1H3,(H,17,18). The Hall–Kier alpha value is -2.62. The van der Waals surface area contributed by atoms with Crippen molar-refractivity contribution in [3.05, 3.63) is 59.7 Å². The number of carbonyl (C=O) groups excluding carboxylic acids is 2. The lowest BCUT2D eigenvalue weighted by Crippen LogP contribution is -2.26. The number of rotatable bonds is 2. The number of fused-ring (bicyclic) bond motifs is 1. The summed E-state index contributed by atoms with van der Waals surface area (Å²) >= 11 is 0. The Morgan fingerprint density at radius 2 is 1.80 bits per heavy atom. The lowest BCUT2D eigenvalue weighted by molar-refractivity contribution is -0.137. The predicted octanol–water partition coefficient (Wildman–Crippen LogP) is 2.64. The van der Waals surface area contributed by atoms with Crippen LogP contribution in [0.3, 0.4) is 0 Å². The van der Waals surface area contributed by atoms with E-state index in [9.17, 15) is 9.59 Å². The van der Waals surface area contributed by atoms with Gasteiger partial charge in [-0.15, -0.1) is 0 Å². The molecule has 4 nitrogen and oxygen atoms in total. The maximum Gasteiger partial charge on any atom is 0.328 e. The van der Waals surface area contributed by atoms with E-state index in [0.717, 1.165) is 5.56 Å². The topological polar surface area (TPSA) is 55.4 Å². The molecule has 1 N–H and O–H groups in total. The number of amides is 1. The average molecular weight is 267 g/mol. The smallest absolute Gasteiger partial charge is 0.328 e. The van der Waals surface area contributed by atoms with Crippen molar-refractivity contribution in [2.45, 2.75) is 12.8 Å². The molecule has 1 heterocycles. The van der Waals surface area contributed by atoms with E-state index in [1.807, 2.05) is 25.1 Å². The molecule has 100 valence electrons. The number of hydrogen-bond acceptors (Lipinski definition) is 3. The molecule has 0 saturated carbocycles. The number of ether oxygens (including phenoxy) is 1. The van der Waals surface area contributed by atoms with E-state index >= 15 is 0 Å². The highest BCUT2D eigenvalue weighted by Crippen LogP contribution is 2.35. The van der Waals surface area contributed by atoms with Crippen molar-refractivity contribution < 1.29 is 14.3 Å². The van der Waals surface area contributed by atoms with Crippen LogP contribution in [0.4, 0.5) is 5.69 Å². The Morgan fingerprint density at radius 1 is 1.10 bits per heavy atom. The van der Waals surface area contributed by atoms with E-state index in [4.69, 9.17) is 4.74 Å². The number of para-hydroxylation sites is 2. The van der Waals surface area contributed by atoms with E-state index in [0.29, 0.717) is 17.0 Å². The molecule has 2 aromatic rings. The number of carbonyl (C=O) groups is 2. The number of anilines is 1. The summed E-state index contributed by atoms with van der Waals surface area (Å²) in [5.41, 5.74) is 2.26. The molecule has 1 atom stereocenters. The Kier molecular flexibility index (Phi) is 2.99. The van der Waals surface area contributed by atoms with Gasteiger partial charge in [0.05, 0.1) is 0 Å². The fraction of sp³-hybridized carbons (Fsp3) is 0.125. The van der Waals surface area contributed by atoms with Crippen molar-refractivity contribution in [3.8, 4) is 5.75 Å². The fourth-order valence-electron chi connectivity index (χ4n) is 2.27. The van der Waals surface area contributed by atoms with Crippen molar-refractivity contribution in [2.24, 2.45) is 0 Å². The van der Waals surface area contributed by atoms with Crippen LogP contribution < -0.4 is 10.1 Å². The highest BCUT2D eigenvalue weighted by Gasteiger charge is 2.38. The molecule has 0 fully saturated rings. The zero-order valence-electron chi connectivity index (χ0n) is 10.9. The Bertz CT molecular complexity index is 694. The van der Waals surface area contributed by atoms with Crippen molar-refractivity contribution in [3.63, 3.8) is 0 Å². The van der Waals surface area contributed by atoms with Crippen LogP contribution >= 0.6 is 0 Å². The van der Waals surface area contributed by atoms with Crippen LogP contribution in [0, 0.1) is 6.92 Å². The van der Waals surface area contributed by atoms with Gasteiger partial charge in [0.1, 0.15) is 5.75 Å². The number of esters is 1. The summed E-state index contributed by atoms with van der Waals surface area (Å²) in [7, 11) is 0. The van der Waals surface area contributed by atoms with Crippen LogP contribution in [0.15, 0.2) is 48.5 Å². The summed E-state index contributed by atoms with van der Waals surface area (Å²) in [6.45, 7) is 1.90. The summed E-state index contributed by atoms with van der Waals surface area (Å²) in [6, 6.07) is 14.4. The zero-order chi connectivity index (χ0) is 14.1. The van der Waals surface area contributed by atoms with E-state index in [-0.39, 0.29) is 5.91 Å². The fourth-order valence-corrected chi connectivity index (χ4v) is 2.27. The largest absolute Gasteiger partial charge is 0.425 e. The molecule has 1 aliphatic heterocycles. The van der Waals surface area contributed by atoms with Crippen molar-refractivity contribution >= 4 is 17.6 Å². The first-order valence-electron chi connectivity index (χ1n) is 6.34. The van der Waals surface area contributed by atoms with Crippen LogP contribution in [0.2, 0.25) is 0 Å². The van der Waals surface area contributed by atoms with E-state index < -0.39 is 11.9 Å². The van der Waals surface area contributed by atoms with Crippen molar-refractivity contribution in [1.29, 1.82) is 0 Å². The van der Waals surface area contributed by atoms with Gasteiger partial charge < -0.3 is 10.1 Å². The third-order valence-electron chi connectivity index (χ3n) is 3.34. The van der Waals surface area contributed by atoms with Gasteiger partial charge in [0.2, 0.25) is 5.91 Å². The number of benzene rings is 2. The number of aryl methyl sites for hydroxylation is 1. The minimum Gasteiger partial charge on any atom is -0.425 e. The molecule has 20 heavy (non-hydrogen) atoms. The second kappa shape index (κ2) is 4.81. The molecular formula is C16H13NO3. The Labute approximate surface area is 116 Å². The van der Waals surface area contributed by atoms with Gasteiger partial charge in [-0.3, -0.25) is 9.59 Å². The first-order chi connectivity index (χ1) is 9.66. The van der Waals surface area contributed by atoms with Gasteiger partial charge >= 0.3 is 5.97 Å². The van der Waals surface area contributed by atoms with Gasteiger partial charge in [-0.1, -0.05) is 36.4 Å². The lowest BCUT2D eigenvalue weighted by atomic mass is 9.99. The van der Waals surface area contributed by atoms with Crippen LogP contribution in [-0.2, 0) is 9.59 Å². The predicted molar refractivity (Wildman–Crippen MR) is 74.6 cm³/mol. The normalized spacial score (nSPS) is 16.4. The van der Waals surface area contributed by atoms with Crippen LogP contribution in [0.25, 0.3) is 0 Å². The molecule has 4 heteroatoms. The number of nitrogens with one attached hydrogen (secondary N) is 1. The highest BCUT2D eigenvalue weighted by atomic mass is 16.5. The third kappa shape index (κ3) is 2.05. The molecule has 2 aromatic carbocycles. The molecule has 1 unspecified atom stereocenters. The van der Waals surface area contributed by atoms with Crippen molar-refractivity contribution in [2.75, 3.05) is 5.32 Å². The van der Waals surface area contributed by atoms with E-state index in [1.165, 1.54) is 0 Å².